The van der Waals surface area contributed by atoms with Gasteiger partial charge in [0.1, 0.15) is 42.3 Å². The Balaban J connectivity index is 2.26. The van der Waals surface area contributed by atoms with E-state index in [1.165, 1.54) is 6.92 Å². The maximum absolute atomic E-state index is 13.9. The summed E-state index contributed by atoms with van der Waals surface area (Å²) in [5.41, 5.74) is 7.37. The van der Waals surface area contributed by atoms with E-state index in [1.54, 1.807) is 88.4 Å². The van der Waals surface area contributed by atoms with Crippen LogP contribution >= 0.6 is 0 Å². The molecule has 0 radical (unpaired) electrons. The summed E-state index contributed by atoms with van der Waals surface area (Å²) in [5.74, 6) is -11.8. The smallest absolute Gasteiger partial charge is 0.326 e. The molecule has 8 amide bonds. The number of hydrogen-bond donors (Lipinski definition) is 12. The highest BCUT2D eigenvalue weighted by Crippen LogP contribution is 2.13. The van der Waals surface area contributed by atoms with Crippen LogP contribution in [0.15, 0.2) is 60.7 Å². The van der Waals surface area contributed by atoms with Crippen LogP contribution in [0.4, 0.5) is 0 Å². The Labute approximate surface area is 431 Å². The van der Waals surface area contributed by atoms with Crippen LogP contribution in [0.2, 0.25) is 0 Å². The summed E-state index contributed by atoms with van der Waals surface area (Å²) in [6, 6.07) is 6.56. The van der Waals surface area contributed by atoms with Gasteiger partial charge in [0.05, 0.1) is 12.6 Å². The number of aliphatic carboxylic acids is 3. The van der Waals surface area contributed by atoms with Crippen LogP contribution < -0.4 is 48.3 Å². The zero-order chi connectivity index (χ0) is 55.7. The van der Waals surface area contributed by atoms with E-state index in [0.29, 0.717) is 30.4 Å². The molecule has 0 aliphatic carbocycles. The molecule has 0 unspecified atom stereocenters. The van der Waals surface area contributed by atoms with Crippen LogP contribution in [0.25, 0.3) is 0 Å². The Morgan fingerprint density at radius 2 is 0.905 bits per heavy atom. The van der Waals surface area contributed by atoms with Gasteiger partial charge in [-0.25, -0.2) is 4.79 Å². The van der Waals surface area contributed by atoms with E-state index >= 15 is 0 Å². The van der Waals surface area contributed by atoms with Gasteiger partial charge < -0.3 is 63.6 Å². The largest absolute Gasteiger partial charge is 0.481 e. The third-order valence-electron chi connectivity index (χ3n) is 12.2. The molecule has 74 heavy (non-hydrogen) atoms. The maximum Gasteiger partial charge on any atom is 0.326 e. The van der Waals surface area contributed by atoms with E-state index in [-0.39, 0.29) is 18.8 Å². The van der Waals surface area contributed by atoms with E-state index in [0.717, 1.165) is 0 Å². The number of carboxylic acid groups (broad SMARTS) is 3. The minimum absolute atomic E-state index is 0.0154. The molecule has 0 fully saturated rings. The van der Waals surface area contributed by atoms with Gasteiger partial charge in [0.2, 0.25) is 47.3 Å². The topological polar surface area (TPSA) is 371 Å². The SMILES string of the molecule is CC[C@H](C)[C@H](NC(=O)[C@H](Cc1ccccc1)NC(=O)CNC(=O)[C@H](CCC(=O)O)NC(=O)[C@@H](NC(=O)[C@H](C)NC(=O)[C@H](CCC(=O)O)NC(=O)[C@H](Cc1ccccc1)NC(=O)[C@@H](N)CC(C)C)[C@@H](C)CC)C(=O)O. The summed E-state index contributed by atoms with van der Waals surface area (Å²) in [4.78, 5) is 144. The number of carboxylic acids is 3. The van der Waals surface area contributed by atoms with Crippen molar-refractivity contribution in [3.05, 3.63) is 71.8 Å². The van der Waals surface area contributed by atoms with Crippen LogP contribution in [0, 0.1) is 17.8 Å². The summed E-state index contributed by atoms with van der Waals surface area (Å²) in [5, 5.41) is 48.6. The molecule has 0 heterocycles. The normalized spacial score (nSPS) is 15.1. The molecule has 13 N–H and O–H groups in total. The number of nitrogens with two attached hydrogens (primary N) is 1. The van der Waals surface area contributed by atoms with Crippen molar-refractivity contribution in [2.45, 2.75) is 155 Å². The molecule has 2 aromatic rings. The lowest BCUT2D eigenvalue weighted by atomic mass is 9.97. The average Bonchev–Trinajstić information content (AvgIpc) is 3.35. The van der Waals surface area contributed by atoms with Gasteiger partial charge in [-0.2, -0.15) is 0 Å². The van der Waals surface area contributed by atoms with Crippen molar-refractivity contribution < 1.29 is 68.1 Å². The molecule has 0 aromatic heterocycles. The van der Waals surface area contributed by atoms with Gasteiger partial charge >= 0.3 is 17.9 Å². The predicted octanol–water partition coefficient (Wildman–Crippen LogP) is 0.281. The molecule has 2 rings (SSSR count). The summed E-state index contributed by atoms with van der Waals surface area (Å²) < 4.78 is 0. The molecule has 0 saturated heterocycles. The molecule has 0 aliphatic rings. The Morgan fingerprint density at radius 3 is 1.38 bits per heavy atom. The van der Waals surface area contributed by atoms with Crippen molar-refractivity contribution in [1.82, 2.24) is 42.5 Å². The first-order valence-electron chi connectivity index (χ1n) is 24.8. The second kappa shape index (κ2) is 31.9. The summed E-state index contributed by atoms with van der Waals surface area (Å²) >= 11 is 0. The Hall–Kier alpha value is -7.43. The van der Waals surface area contributed by atoms with Crippen molar-refractivity contribution in [2.75, 3.05) is 6.54 Å². The van der Waals surface area contributed by atoms with Gasteiger partial charge in [-0.05, 0) is 55.1 Å². The fourth-order valence-corrected chi connectivity index (χ4v) is 7.45. The maximum atomic E-state index is 13.9. The van der Waals surface area contributed by atoms with Gasteiger partial charge in [-0.3, -0.25) is 47.9 Å². The van der Waals surface area contributed by atoms with Crippen molar-refractivity contribution >= 4 is 65.2 Å². The minimum Gasteiger partial charge on any atom is -0.481 e. The first-order valence-corrected chi connectivity index (χ1v) is 24.8. The third kappa shape index (κ3) is 22.6. The number of amides is 8. The number of carbonyl (C=O) groups is 11. The molecular formula is C51H75N9O14. The fourth-order valence-electron chi connectivity index (χ4n) is 7.45. The Morgan fingerprint density at radius 1 is 0.486 bits per heavy atom. The second-order valence-corrected chi connectivity index (χ2v) is 18.8. The lowest BCUT2D eigenvalue weighted by molar-refractivity contribution is -0.144. The van der Waals surface area contributed by atoms with Crippen molar-refractivity contribution in [1.29, 1.82) is 0 Å². The molecule has 10 atom stereocenters. The van der Waals surface area contributed by atoms with Crippen LogP contribution in [0.1, 0.15) is 105 Å². The van der Waals surface area contributed by atoms with E-state index in [4.69, 9.17) is 5.73 Å². The van der Waals surface area contributed by atoms with Crippen molar-refractivity contribution in [3.8, 4) is 0 Å². The van der Waals surface area contributed by atoms with Crippen LogP contribution in [0.3, 0.4) is 0 Å². The Bertz CT molecular complexity index is 2230. The molecule has 408 valence electrons. The van der Waals surface area contributed by atoms with Crippen LogP contribution in [0.5, 0.6) is 0 Å². The molecule has 23 heteroatoms. The molecule has 0 bridgehead atoms. The van der Waals surface area contributed by atoms with Crippen molar-refractivity contribution in [3.63, 3.8) is 0 Å². The highest BCUT2D eigenvalue weighted by Gasteiger charge is 2.35. The van der Waals surface area contributed by atoms with Gasteiger partial charge in [-0.1, -0.05) is 115 Å². The highest BCUT2D eigenvalue weighted by molar-refractivity contribution is 5.98. The van der Waals surface area contributed by atoms with E-state index in [1.807, 2.05) is 13.8 Å². The van der Waals surface area contributed by atoms with Crippen LogP contribution in [-0.2, 0) is 65.6 Å². The molecule has 23 nitrogen and oxygen atoms in total. The number of benzene rings is 2. The summed E-state index contributed by atoms with van der Waals surface area (Å²) in [6.07, 6.45) is -1.10. The highest BCUT2D eigenvalue weighted by atomic mass is 16.4. The van der Waals surface area contributed by atoms with Gasteiger partial charge in [0, 0.05) is 25.7 Å². The Kier molecular flexibility index (Phi) is 27.0. The van der Waals surface area contributed by atoms with Gasteiger partial charge in [0.25, 0.3) is 0 Å². The second-order valence-electron chi connectivity index (χ2n) is 18.8. The molecule has 0 spiro atoms. The molecular weight excluding hydrogens is 963 g/mol. The zero-order valence-corrected chi connectivity index (χ0v) is 43.1. The molecule has 0 saturated carbocycles. The number of carbonyl (C=O) groups excluding carboxylic acids is 8. The first kappa shape index (κ1) is 62.7. The zero-order valence-electron chi connectivity index (χ0n) is 43.1. The minimum atomic E-state index is -1.57. The van der Waals surface area contributed by atoms with Crippen LogP contribution in [-0.4, -0.2) is 135 Å². The van der Waals surface area contributed by atoms with E-state index in [9.17, 15) is 68.1 Å². The molecule has 2 aromatic carbocycles. The monoisotopic (exact) mass is 1040 g/mol. The number of nitrogens with one attached hydrogen (secondary N) is 8. The average molecular weight is 1040 g/mol. The van der Waals surface area contributed by atoms with E-state index in [2.05, 4.69) is 42.5 Å². The first-order chi connectivity index (χ1) is 34.9. The summed E-state index contributed by atoms with van der Waals surface area (Å²) in [6.45, 7) is 11.0. The standard InChI is InChI=1S/C51H75N9O14/c1-8-29(5)42(59-44(66)31(7)54-47(69)36(21-23-41(64)65)56-48(70)38(26-33-18-14-11-15-19-33)58-45(67)34(52)24-28(3)4)50(72)57-35(20-22-40(62)63)46(68)53-27-39(61)55-37(25-32-16-12-10-13-17-32)49(71)60-43(51(73)74)30(6)9-2/h10-19,28-31,34-38,42-43H,8-9,20-27,52H2,1-7H3,(H,53,68)(H,54,69)(H,55,61)(H,56,70)(H,57,72)(H,58,67)(H,59,66)(H,60,71)(H,62,63)(H,64,65)(H,73,74)/t29-,30-,31-,34-,35-,36-,37-,38-,42-,43-/m0/s1. The predicted molar refractivity (Wildman–Crippen MR) is 270 cm³/mol. The van der Waals surface area contributed by atoms with Gasteiger partial charge in [-0.15, -0.1) is 0 Å². The quantitative estimate of drug-likeness (QED) is 0.0457. The fraction of sp³-hybridized carbons (Fsp3) is 0.549. The third-order valence-corrected chi connectivity index (χ3v) is 12.2. The summed E-state index contributed by atoms with van der Waals surface area (Å²) in [7, 11) is 0. The lowest BCUT2D eigenvalue weighted by Gasteiger charge is -2.28. The molecule has 0 aliphatic heterocycles. The van der Waals surface area contributed by atoms with Gasteiger partial charge in [0.15, 0.2) is 0 Å². The van der Waals surface area contributed by atoms with Crippen molar-refractivity contribution in [2.24, 2.45) is 23.5 Å². The number of hydrogen-bond acceptors (Lipinski definition) is 12. The number of rotatable bonds is 33. The lowest BCUT2D eigenvalue weighted by Crippen LogP contribution is -2.60. The van der Waals surface area contributed by atoms with E-state index < -0.39 is 158 Å².